The second-order valence-electron chi connectivity index (χ2n) is 5.17. The number of nitrogens with one attached hydrogen (secondary N) is 1. The lowest BCUT2D eigenvalue weighted by atomic mass is 9.94. The first kappa shape index (κ1) is 11.6. The van der Waals surface area contributed by atoms with Crippen LogP contribution in [0.25, 0.3) is 22.3 Å². The molecule has 2 aromatic carbocycles. The number of benzene rings is 2. The van der Waals surface area contributed by atoms with Crippen molar-refractivity contribution in [3.05, 3.63) is 60.3 Å². The topological polar surface area (TPSA) is 37.8 Å². The van der Waals surface area contributed by atoms with Crippen LogP contribution in [0, 0.1) is 0 Å². The maximum absolute atomic E-state index is 4.87. The molecule has 1 aliphatic heterocycles. The van der Waals surface area contributed by atoms with E-state index in [2.05, 4.69) is 29.6 Å². The minimum Gasteiger partial charge on any atom is -0.315 e. The molecule has 1 N–H and O–H groups in total. The van der Waals surface area contributed by atoms with E-state index in [4.69, 9.17) is 9.97 Å². The van der Waals surface area contributed by atoms with Gasteiger partial charge in [-0.3, -0.25) is 0 Å². The molecule has 0 bridgehead atoms. The summed E-state index contributed by atoms with van der Waals surface area (Å²) in [5.74, 6) is 0.474. The van der Waals surface area contributed by atoms with Crippen molar-refractivity contribution in [1.29, 1.82) is 0 Å². The second kappa shape index (κ2) is 4.69. The summed E-state index contributed by atoms with van der Waals surface area (Å²) in [4.78, 5) is 9.73. The second-order valence-corrected chi connectivity index (χ2v) is 5.17. The molecule has 3 aromatic rings. The molecule has 3 nitrogen and oxygen atoms in total. The first-order valence-electron chi connectivity index (χ1n) is 6.94. The Labute approximate surface area is 117 Å². The van der Waals surface area contributed by atoms with E-state index in [0.717, 1.165) is 41.1 Å². The summed E-state index contributed by atoms with van der Waals surface area (Å²) in [5.41, 5.74) is 5.23. The Morgan fingerprint density at radius 3 is 2.10 bits per heavy atom. The van der Waals surface area contributed by atoms with Crippen molar-refractivity contribution in [2.45, 2.75) is 5.92 Å². The summed E-state index contributed by atoms with van der Waals surface area (Å²) in [6.07, 6.45) is 0. The largest absolute Gasteiger partial charge is 0.315 e. The monoisotopic (exact) mass is 261 g/mol. The molecular weight excluding hydrogens is 246 g/mol. The molecule has 0 saturated carbocycles. The van der Waals surface area contributed by atoms with Crippen LogP contribution in [0.2, 0.25) is 0 Å². The molecule has 0 atom stereocenters. The van der Waals surface area contributed by atoms with Gasteiger partial charge in [0.2, 0.25) is 0 Å². The smallest absolute Gasteiger partial charge is 0.0929 e. The van der Waals surface area contributed by atoms with E-state index in [1.54, 1.807) is 0 Å². The normalized spacial score (nSPS) is 15.2. The van der Waals surface area contributed by atoms with E-state index in [0.29, 0.717) is 5.92 Å². The van der Waals surface area contributed by atoms with Crippen molar-refractivity contribution in [3.63, 3.8) is 0 Å². The maximum Gasteiger partial charge on any atom is 0.0929 e. The lowest BCUT2D eigenvalue weighted by molar-refractivity contribution is 0.441. The predicted octanol–water partition coefficient (Wildman–Crippen LogP) is 2.98. The van der Waals surface area contributed by atoms with E-state index in [9.17, 15) is 0 Å². The van der Waals surface area contributed by atoms with Crippen molar-refractivity contribution in [1.82, 2.24) is 15.3 Å². The standard InChI is InChI=1S/C17H15N3/c1-2-6-12(7-3-1)16-17(13-10-18-11-13)20-15-9-5-4-8-14(15)19-16/h1-9,13,18H,10-11H2. The van der Waals surface area contributed by atoms with Crippen molar-refractivity contribution >= 4 is 11.0 Å². The first-order chi connectivity index (χ1) is 9.92. The van der Waals surface area contributed by atoms with Crippen molar-refractivity contribution in [2.75, 3.05) is 13.1 Å². The summed E-state index contributed by atoms with van der Waals surface area (Å²) in [5, 5.41) is 3.32. The van der Waals surface area contributed by atoms with Crippen LogP contribution in [-0.2, 0) is 0 Å². The molecular formula is C17H15N3. The molecule has 0 amide bonds. The highest BCUT2D eigenvalue weighted by atomic mass is 15.0. The van der Waals surface area contributed by atoms with E-state index >= 15 is 0 Å². The number of rotatable bonds is 2. The molecule has 1 aliphatic rings. The molecule has 1 aromatic heterocycles. The maximum atomic E-state index is 4.87. The molecule has 3 heteroatoms. The number of para-hydroxylation sites is 2. The zero-order chi connectivity index (χ0) is 13.4. The minimum atomic E-state index is 0.474. The van der Waals surface area contributed by atoms with Crippen LogP contribution in [0.3, 0.4) is 0 Å². The van der Waals surface area contributed by atoms with E-state index in [1.165, 1.54) is 0 Å². The van der Waals surface area contributed by atoms with E-state index in [1.807, 2.05) is 30.3 Å². The Kier molecular flexibility index (Phi) is 2.71. The van der Waals surface area contributed by atoms with Gasteiger partial charge in [-0.25, -0.2) is 9.97 Å². The van der Waals surface area contributed by atoms with Crippen LogP contribution in [0.4, 0.5) is 0 Å². The first-order valence-corrected chi connectivity index (χ1v) is 6.94. The Bertz CT molecular complexity index is 749. The fraction of sp³-hybridized carbons (Fsp3) is 0.176. The third kappa shape index (κ3) is 1.87. The Hall–Kier alpha value is -2.26. The SMILES string of the molecule is c1ccc(-c2nc3ccccc3nc2C2CNC2)cc1. The molecule has 4 rings (SSSR count). The number of fused-ring (bicyclic) bond motifs is 1. The number of hydrogen-bond acceptors (Lipinski definition) is 3. The molecule has 1 fully saturated rings. The van der Waals surface area contributed by atoms with Gasteiger partial charge in [0.05, 0.1) is 22.4 Å². The van der Waals surface area contributed by atoms with Gasteiger partial charge in [-0.2, -0.15) is 0 Å². The predicted molar refractivity (Wildman–Crippen MR) is 80.6 cm³/mol. The van der Waals surface area contributed by atoms with Gasteiger partial charge in [0.15, 0.2) is 0 Å². The number of hydrogen-bond donors (Lipinski definition) is 1. The lowest BCUT2D eigenvalue weighted by Gasteiger charge is -2.28. The van der Waals surface area contributed by atoms with Gasteiger partial charge in [0.25, 0.3) is 0 Å². The van der Waals surface area contributed by atoms with Crippen LogP contribution < -0.4 is 5.32 Å². The summed E-state index contributed by atoms with van der Waals surface area (Å²) in [7, 11) is 0. The number of aromatic nitrogens is 2. The summed E-state index contributed by atoms with van der Waals surface area (Å²) in [6.45, 7) is 1.99. The van der Waals surface area contributed by atoms with Gasteiger partial charge in [0, 0.05) is 24.6 Å². The minimum absolute atomic E-state index is 0.474. The third-order valence-electron chi connectivity index (χ3n) is 3.81. The molecule has 0 spiro atoms. The van der Waals surface area contributed by atoms with Gasteiger partial charge < -0.3 is 5.32 Å². The fourth-order valence-electron chi connectivity index (χ4n) is 2.59. The van der Waals surface area contributed by atoms with Crippen LogP contribution in [0.1, 0.15) is 11.6 Å². The summed E-state index contributed by atoms with van der Waals surface area (Å²) in [6, 6.07) is 18.4. The van der Waals surface area contributed by atoms with Crippen molar-refractivity contribution in [2.24, 2.45) is 0 Å². The zero-order valence-electron chi connectivity index (χ0n) is 11.1. The highest BCUT2D eigenvalue weighted by molar-refractivity contribution is 5.78. The highest BCUT2D eigenvalue weighted by Crippen LogP contribution is 2.30. The molecule has 0 aliphatic carbocycles. The Morgan fingerprint density at radius 1 is 0.800 bits per heavy atom. The molecule has 20 heavy (non-hydrogen) atoms. The van der Waals surface area contributed by atoms with E-state index in [-0.39, 0.29) is 0 Å². The fourth-order valence-corrected chi connectivity index (χ4v) is 2.59. The van der Waals surface area contributed by atoms with Gasteiger partial charge in [0.1, 0.15) is 0 Å². The van der Waals surface area contributed by atoms with Gasteiger partial charge in [-0.1, -0.05) is 42.5 Å². The zero-order valence-corrected chi connectivity index (χ0v) is 11.1. The van der Waals surface area contributed by atoms with Gasteiger partial charge >= 0.3 is 0 Å². The Morgan fingerprint density at radius 2 is 1.45 bits per heavy atom. The summed E-state index contributed by atoms with van der Waals surface area (Å²) < 4.78 is 0. The summed E-state index contributed by atoms with van der Waals surface area (Å²) >= 11 is 0. The number of nitrogens with zero attached hydrogens (tertiary/aromatic N) is 2. The van der Waals surface area contributed by atoms with Gasteiger partial charge in [-0.05, 0) is 12.1 Å². The van der Waals surface area contributed by atoms with Crippen LogP contribution >= 0.6 is 0 Å². The Balaban J connectivity index is 1.96. The molecule has 0 radical (unpaired) electrons. The molecule has 2 heterocycles. The van der Waals surface area contributed by atoms with Crippen molar-refractivity contribution < 1.29 is 0 Å². The van der Waals surface area contributed by atoms with E-state index < -0.39 is 0 Å². The molecule has 0 unspecified atom stereocenters. The average molecular weight is 261 g/mol. The average Bonchev–Trinajstić information content (AvgIpc) is 2.46. The van der Waals surface area contributed by atoms with Crippen LogP contribution in [-0.4, -0.2) is 23.1 Å². The quantitative estimate of drug-likeness (QED) is 0.770. The van der Waals surface area contributed by atoms with Gasteiger partial charge in [-0.15, -0.1) is 0 Å². The third-order valence-corrected chi connectivity index (χ3v) is 3.81. The highest BCUT2D eigenvalue weighted by Gasteiger charge is 2.25. The molecule has 1 saturated heterocycles. The van der Waals surface area contributed by atoms with Crippen molar-refractivity contribution in [3.8, 4) is 11.3 Å². The lowest BCUT2D eigenvalue weighted by Crippen LogP contribution is -2.40. The van der Waals surface area contributed by atoms with Crippen LogP contribution in [0.15, 0.2) is 54.6 Å². The molecule has 98 valence electrons. The van der Waals surface area contributed by atoms with Crippen LogP contribution in [0.5, 0.6) is 0 Å².